The zero-order valence-corrected chi connectivity index (χ0v) is 20.1. The maximum absolute atomic E-state index is 13.3. The van der Waals surface area contributed by atoms with Crippen LogP contribution in [0.5, 0.6) is 0 Å². The van der Waals surface area contributed by atoms with Gasteiger partial charge >= 0.3 is 0 Å². The lowest BCUT2D eigenvalue weighted by molar-refractivity contribution is -0.149. The van der Waals surface area contributed by atoms with E-state index in [1.54, 1.807) is 0 Å². The molecular formula is C27H45NO2. The Labute approximate surface area is 184 Å². The van der Waals surface area contributed by atoms with Crippen LogP contribution in [0.2, 0.25) is 0 Å². The Bertz CT molecular complexity index is 672. The summed E-state index contributed by atoms with van der Waals surface area (Å²) in [6.07, 6.45) is 11.6. The Hall–Kier alpha value is -0.860. The quantitative estimate of drug-likeness (QED) is 0.597. The van der Waals surface area contributed by atoms with Gasteiger partial charge in [-0.1, -0.05) is 53.9 Å². The molecule has 0 spiro atoms. The van der Waals surface area contributed by atoms with E-state index in [0.29, 0.717) is 41.9 Å². The van der Waals surface area contributed by atoms with E-state index in [0.717, 1.165) is 30.6 Å². The van der Waals surface area contributed by atoms with Crippen LogP contribution in [0.25, 0.3) is 0 Å². The van der Waals surface area contributed by atoms with Crippen LogP contribution in [0.1, 0.15) is 98.8 Å². The molecule has 4 fully saturated rings. The number of fused-ring (bicyclic) bond motifs is 5. The first-order valence-electron chi connectivity index (χ1n) is 13.0. The molecule has 1 unspecified atom stereocenters. The lowest BCUT2D eigenvalue weighted by Crippen LogP contribution is -2.56. The van der Waals surface area contributed by atoms with Crippen LogP contribution in [0.3, 0.4) is 0 Å². The van der Waals surface area contributed by atoms with Gasteiger partial charge in [0.05, 0.1) is 0 Å². The molecule has 0 aromatic heterocycles. The zero-order valence-electron chi connectivity index (χ0n) is 20.1. The van der Waals surface area contributed by atoms with E-state index >= 15 is 0 Å². The van der Waals surface area contributed by atoms with Crippen molar-refractivity contribution >= 4 is 11.7 Å². The van der Waals surface area contributed by atoms with E-state index in [2.05, 4.69) is 39.9 Å². The highest BCUT2D eigenvalue weighted by Gasteiger charge is 2.61. The van der Waals surface area contributed by atoms with Gasteiger partial charge in [-0.15, -0.1) is 0 Å². The molecule has 3 heteroatoms. The highest BCUT2D eigenvalue weighted by Crippen LogP contribution is 2.67. The van der Waals surface area contributed by atoms with Gasteiger partial charge in [0.2, 0.25) is 5.91 Å². The largest absolute Gasteiger partial charge is 0.355 e. The third-order valence-electron chi connectivity index (χ3n) is 10.5. The van der Waals surface area contributed by atoms with Crippen LogP contribution in [-0.4, -0.2) is 18.2 Å². The van der Waals surface area contributed by atoms with Gasteiger partial charge in [-0.05, 0) is 78.4 Å². The number of hydrogen-bond acceptors (Lipinski definition) is 2. The molecule has 0 bridgehead atoms. The molecule has 4 aliphatic rings. The summed E-state index contributed by atoms with van der Waals surface area (Å²) in [4.78, 5) is 25.4. The number of rotatable bonds is 5. The predicted molar refractivity (Wildman–Crippen MR) is 122 cm³/mol. The molecular weight excluding hydrogens is 370 g/mol. The maximum Gasteiger partial charge on any atom is 0.220 e. The average molecular weight is 416 g/mol. The smallest absolute Gasteiger partial charge is 0.220 e. The molecule has 8 atom stereocenters. The molecule has 170 valence electrons. The monoisotopic (exact) mass is 415 g/mol. The summed E-state index contributed by atoms with van der Waals surface area (Å²) < 4.78 is 0. The van der Waals surface area contributed by atoms with Crippen LogP contribution in [-0.2, 0) is 9.59 Å². The first kappa shape index (κ1) is 22.3. The Kier molecular flexibility index (Phi) is 6.14. The van der Waals surface area contributed by atoms with Gasteiger partial charge in [-0.25, -0.2) is 0 Å². The third kappa shape index (κ3) is 3.66. The van der Waals surface area contributed by atoms with Crippen molar-refractivity contribution in [2.24, 2.45) is 52.3 Å². The standard InChI is InChI=1S/C27H45NO2/c1-17(2)7-6-8-18(3)20-9-10-21-19-15-24(29)23-16-28-25(30)12-14-27(23,5)22(19)11-13-26(20,21)4/h17-23H,6-16H2,1-5H3,(H,28,30)/t18-,19+,20-,21+,22+,23?,26-,27-/m1/s1. The summed E-state index contributed by atoms with van der Waals surface area (Å²) in [6, 6.07) is 0. The number of ketones is 1. The van der Waals surface area contributed by atoms with Crippen LogP contribution in [0.15, 0.2) is 0 Å². The molecule has 1 aliphatic heterocycles. The van der Waals surface area contributed by atoms with Crippen molar-refractivity contribution in [3.8, 4) is 0 Å². The summed E-state index contributed by atoms with van der Waals surface area (Å²) in [6.45, 7) is 12.7. The second kappa shape index (κ2) is 8.24. The van der Waals surface area contributed by atoms with Gasteiger partial charge in [0.25, 0.3) is 0 Å². The molecule has 3 saturated carbocycles. The summed E-state index contributed by atoms with van der Waals surface area (Å²) in [5.74, 6) is 4.96. The van der Waals surface area contributed by atoms with Crippen molar-refractivity contribution in [2.45, 2.75) is 98.8 Å². The van der Waals surface area contributed by atoms with Crippen LogP contribution >= 0.6 is 0 Å². The summed E-state index contributed by atoms with van der Waals surface area (Å²) >= 11 is 0. The fourth-order valence-corrected chi connectivity index (χ4v) is 8.81. The van der Waals surface area contributed by atoms with Crippen molar-refractivity contribution in [3.63, 3.8) is 0 Å². The predicted octanol–water partition coefficient (Wildman–Crippen LogP) is 6.01. The van der Waals surface area contributed by atoms with Crippen LogP contribution in [0, 0.1) is 52.3 Å². The third-order valence-corrected chi connectivity index (χ3v) is 10.5. The molecule has 3 aliphatic carbocycles. The van der Waals surface area contributed by atoms with Crippen molar-refractivity contribution in [1.29, 1.82) is 0 Å². The maximum atomic E-state index is 13.3. The highest BCUT2D eigenvalue weighted by atomic mass is 16.2. The number of Topliss-reactive ketones (excluding diaryl/α,β-unsaturated/α-hetero) is 1. The first-order chi connectivity index (χ1) is 14.2. The minimum atomic E-state index is 0.0153. The van der Waals surface area contributed by atoms with Gasteiger partial charge in [-0.2, -0.15) is 0 Å². The molecule has 1 heterocycles. The Morgan fingerprint density at radius 3 is 2.43 bits per heavy atom. The van der Waals surface area contributed by atoms with E-state index in [9.17, 15) is 9.59 Å². The molecule has 1 N–H and O–H groups in total. The Morgan fingerprint density at radius 1 is 0.967 bits per heavy atom. The fourth-order valence-electron chi connectivity index (χ4n) is 8.81. The van der Waals surface area contributed by atoms with Crippen LogP contribution < -0.4 is 5.32 Å². The van der Waals surface area contributed by atoms with Gasteiger partial charge in [0, 0.05) is 25.3 Å². The minimum Gasteiger partial charge on any atom is -0.355 e. The lowest BCUT2D eigenvalue weighted by Gasteiger charge is -2.58. The van der Waals surface area contributed by atoms with E-state index in [4.69, 9.17) is 0 Å². The second-order valence-corrected chi connectivity index (χ2v) is 12.4. The van der Waals surface area contributed by atoms with Gasteiger partial charge in [-0.3, -0.25) is 9.59 Å². The molecule has 0 radical (unpaired) electrons. The van der Waals surface area contributed by atoms with Gasteiger partial charge < -0.3 is 5.32 Å². The summed E-state index contributed by atoms with van der Waals surface area (Å²) in [5.41, 5.74) is 0.433. The number of amides is 1. The highest BCUT2D eigenvalue weighted by molar-refractivity contribution is 5.85. The van der Waals surface area contributed by atoms with E-state index < -0.39 is 0 Å². The van der Waals surface area contributed by atoms with Gasteiger partial charge in [0.15, 0.2) is 0 Å². The van der Waals surface area contributed by atoms with Crippen molar-refractivity contribution in [1.82, 2.24) is 5.32 Å². The number of carbonyl (C=O) groups excluding carboxylic acids is 2. The molecule has 4 rings (SSSR count). The number of carbonyl (C=O) groups is 2. The molecule has 0 aromatic rings. The molecule has 0 aromatic carbocycles. The molecule has 3 nitrogen and oxygen atoms in total. The second-order valence-electron chi connectivity index (χ2n) is 12.4. The topological polar surface area (TPSA) is 46.2 Å². The van der Waals surface area contributed by atoms with Crippen LogP contribution in [0.4, 0.5) is 0 Å². The lowest BCUT2D eigenvalue weighted by atomic mass is 9.45. The molecule has 1 saturated heterocycles. The Morgan fingerprint density at radius 2 is 1.70 bits per heavy atom. The normalized spacial score (nSPS) is 44.7. The zero-order chi connectivity index (χ0) is 21.7. The number of hydrogen-bond donors (Lipinski definition) is 1. The van der Waals surface area contributed by atoms with Gasteiger partial charge in [0.1, 0.15) is 5.78 Å². The van der Waals surface area contributed by atoms with E-state index in [-0.39, 0.29) is 17.2 Å². The summed E-state index contributed by atoms with van der Waals surface area (Å²) in [7, 11) is 0. The SMILES string of the molecule is CC(C)CCC[C@@H](C)[C@H]1CC[C@H]2[C@@H]3CC(=O)C4CNC(=O)CC[C@]4(C)[C@H]3CC[C@]12C. The Balaban J connectivity index is 1.52. The van der Waals surface area contributed by atoms with Crippen molar-refractivity contribution in [2.75, 3.05) is 6.54 Å². The number of nitrogens with one attached hydrogen (secondary N) is 1. The molecule has 1 amide bonds. The van der Waals surface area contributed by atoms with E-state index in [1.807, 2.05) is 0 Å². The average Bonchev–Trinajstić information content (AvgIpc) is 2.94. The van der Waals surface area contributed by atoms with E-state index in [1.165, 1.54) is 44.9 Å². The molecule has 30 heavy (non-hydrogen) atoms. The van der Waals surface area contributed by atoms with Crippen molar-refractivity contribution in [3.05, 3.63) is 0 Å². The fraction of sp³-hybridized carbons (Fsp3) is 0.926. The minimum absolute atomic E-state index is 0.0153. The van der Waals surface area contributed by atoms with Crippen molar-refractivity contribution < 1.29 is 9.59 Å². The first-order valence-corrected chi connectivity index (χ1v) is 13.0. The summed E-state index contributed by atoms with van der Waals surface area (Å²) in [5, 5.41) is 3.04.